The van der Waals surface area contributed by atoms with E-state index in [0.29, 0.717) is 11.9 Å². The molecule has 0 aliphatic heterocycles. The third-order valence-corrected chi connectivity index (χ3v) is 7.26. The summed E-state index contributed by atoms with van der Waals surface area (Å²) in [6.07, 6.45) is 10.9. The number of ether oxygens (including phenoxy) is 1. The van der Waals surface area contributed by atoms with Crippen molar-refractivity contribution in [2.24, 2.45) is 11.8 Å². The Kier molecular flexibility index (Phi) is 5.09. The zero-order valence-electron chi connectivity index (χ0n) is 18.0. The first-order chi connectivity index (χ1) is 15.8. The molecule has 2 saturated carbocycles. The zero-order valence-corrected chi connectivity index (χ0v) is 18.0. The van der Waals surface area contributed by atoms with Crippen LogP contribution in [0.3, 0.4) is 0 Å². The maximum absolute atomic E-state index is 6.45. The van der Waals surface area contributed by atoms with Gasteiger partial charge in [0.25, 0.3) is 0 Å². The van der Waals surface area contributed by atoms with E-state index in [4.69, 9.17) is 9.26 Å². The maximum atomic E-state index is 6.45. The summed E-state index contributed by atoms with van der Waals surface area (Å²) in [4.78, 5) is 0. The van der Waals surface area contributed by atoms with Gasteiger partial charge in [-0.2, -0.15) is 5.21 Å². The van der Waals surface area contributed by atoms with E-state index < -0.39 is 0 Å². The molecule has 164 valence electrons. The van der Waals surface area contributed by atoms with Crippen molar-refractivity contribution in [3.05, 3.63) is 42.5 Å². The van der Waals surface area contributed by atoms with Crippen molar-refractivity contribution in [2.45, 2.75) is 57.5 Å². The quantitative estimate of drug-likeness (QED) is 0.403. The molecule has 6 rings (SSSR count). The molecule has 2 heterocycles. The molecule has 2 aliphatic carbocycles. The van der Waals surface area contributed by atoms with Crippen LogP contribution in [0.2, 0.25) is 0 Å². The fraction of sp³-hybridized carbons (Fsp3) is 0.440. The predicted molar refractivity (Wildman–Crippen MR) is 121 cm³/mol. The summed E-state index contributed by atoms with van der Waals surface area (Å²) in [6, 6.07) is 14.0. The molecule has 2 atom stereocenters. The smallest absolute Gasteiger partial charge is 0.204 e. The third-order valence-electron chi connectivity index (χ3n) is 7.26. The van der Waals surface area contributed by atoms with Crippen LogP contribution in [0, 0.1) is 11.8 Å². The topological polar surface area (TPSA) is 89.7 Å². The molecule has 0 spiro atoms. The second kappa shape index (κ2) is 8.37. The molecular formula is C25H27N5O2. The molecule has 0 saturated heterocycles. The van der Waals surface area contributed by atoms with Crippen LogP contribution in [-0.2, 0) is 0 Å². The molecule has 7 nitrogen and oxygen atoms in total. The Morgan fingerprint density at radius 1 is 0.875 bits per heavy atom. The first kappa shape index (κ1) is 19.5. The summed E-state index contributed by atoms with van der Waals surface area (Å²) in [5.74, 6) is 4.06. The summed E-state index contributed by atoms with van der Waals surface area (Å²) in [6.45, 7) is 0. The van der Waals surface area contributed by atoms with Crippen molar-refractivity contribution in [1.82, 2.24) is 25.8 Å². The molecule has 1 N–H and O–H groups in total. The van der Waals surface area contributed by atoms with Gasteiger partial charge in [0, 0.05) is 11.1 Å². The number of nitrogens with zero attached hydrogens (tertiary/aromatic N) is 4. The minimum atomic E-state index is 0.298. The highest BCUT2D eigenvalue weighted by atomic mass is 16.5. The lowest BCUT2D eigenvalue weighted by Crippen LogP contribution is -2.22. The van der Waals surface area contributed by atoms with E-state index in [9.17, 15) is 0 Å². The van der Waals surface area contributed by atoms with E-state index in [2.05, 4.69) is 31.8 Å². The van der Waals surface area contributed by atoms with E-state index in [1.54, 1.807) is 0 Å². The maximum Gasteiger partial charge on any atom is 0.204 e. The summed E-state index contributed by atoms with van der Waals surface area (Å²) < 4.78 is 12.2. The average molecular weight is 430 g/mol. The standard InChI is InChI=1S/C25H27N5O2/c1-4-16(5-1)17-6-2-8-20(12-10-17)31-21-9-3-7-18(14-21)24-22-15-19(25-26-29-30-27-25)11-13-23(22)28-32-24/h3,7,9,11,13-17,20H,1-2,4-6,8,10,12H2,(H,26,27,29,30). The van der Waals surface area contributed by atoms with Crippen LogP contribution in [0.4, 0.5) is 0 Å². The monoisotopic (exact) mass is 429 g/mol. The highest BCUT2D eigenvalue weighted by molar-refractivity contribution is 5.94. The fourth-order valence-electron chi connectivity index (χ4n) is 5.27. The van der Waals surface area contributed by atoms with E-state index in [1.807, 2.05) is 36.4 Å². The van der Waals surface area contributed by atoms with Gasteiger partial charge in [-0.3, -0.25) is 0 Å². The van der Waals surface area contributed by atoms with Crippen molar-refractivity contribution in [3.8, 4) is 28.5 Å². The van der Waals surface area contributed by atoms with Crippen molar-refractivity contribution in [3.63, 3.8) is 0 Å². The highest BCUT2D eigenvalue weighted by Gasteiger charge is 2.30. The Morgan fingerprint density at radius 3 is 2.59 bits per heavy atom. The normalized spacial score (nSPS) is 21.9. The largest absolute Gasteiger partial charge is 0.490 e. The molecule has 2 fully saturated rings. The number of hydrogen-bond donors (Lipinski definition) is 1. The van der Waals surface area contributed by atoms with Gasteiger partial charge in [-0.25, -0.2) is 0 Å². The van der Waals surface area contributed by atoms with Gasteiger partial charge in [0.15, 0.2) is 5.76 Å². The minimum absolute atomic E-state index is 0.298. The number of rotatable bonds is 5. The highest BCUT2D eigenvalue weighted by Crippen LogP contribution is 2.41. The molecule has 2 unspecified atom stereocenters. The Hall–Kier alpha value is -3.22. The van der Waals surface area contributed by atoms with Gasteiger partial charge >= 0.3 is 0 Å². The Bertz CT molecular complexity index is 1200. The van der Waals surface area contributed by atoms with Gasteiger partial charge in [-0.15, -0.1) is 10.2 Å². The van der Waals surface area contributed by atoms with Crippen LogP contribution < -0.4 is 4.74 Å². The third kappa shape index (κ3) is 3.76. The number of nitrogens with one attached hydrogen (secondary N) is 1. The molecule has 2 aliphatic rings. The summed E-state index contributed by atoms with van der Waals surface area (Å²) in [5.41, 5.74) is 2.61. The van der Waals surface area contributed by atoms with E-state index >= 15 is 0 Å². The minimum Gasteiger partial charge on any atom is -0.490 e. The van der Waals surface area contributed by atoms with E-state index in [0.717, 1.165) is 58.2 Å². The fourth-order valence-corrected chi connectivity index (χ4v) is 5.27. The molecule has 32 heavy (non-hydrogen) atoms. The Balaban J connectivity index is 1.22. The van der Waals surface area contributed by atoms with Gasteiger partial charge in [-0.05, 0) is 73.1 Å². The van der Waals surface area contributed by atoms with E-state index in [-0.39, 0.29) is 0 Å². The van der Waals surface area contributed by atoms with Crippen LogP contribution in [0.1, 0.15) is 51.4 Å². The molecule has 7 heteroatoms. The molecule has 0 amide bonds. The van der Waals surface area contributed by atoms with Gasteiger partial charge < -0.3 is 9.26 Å². The lowest BCUT2D eigenvalue weighted by molar-refractivity contribution is 0.164. The summed E-state index contributed by atoms with van der Waals surface area (Å²) >= 11 is 0. The van der Waals surface area contributed by atoms with Crippen LogP contribution in [0.25, 0.3) is 33.6 Å². The van der Waals surface area contributed by atoms with Gasteiger partial charge in [-0.1, -0.05) is 43.0 Å². The summed E-state index contributed by atoms with van der Waals surface area (Å²) in [5, 5.41) is 19.4. The molecule has 4 aromatic rings. The number of fused-ring (bicyclic) bond motifs is 1. The van der Waals surface area contributed by atoms with Crippen molar-refractivity contribution >= 4 is 10.9 Å². The number of H-pyrrole nitrogens is 1. The van der Waals surface area contributed by atoms with Crippen LogP contribution in [-0.4, -0.2) is 31.9 Å². The van der Waals surface area contributed by atoms with Crippen molar-refractivity contribution in [2.75, 3.05) is 0 Å². The van der Waals surface area contributed by atoms with Crippen LogP contribution in [0.5, 0.6) is 5.75 Å². The van der Waals surface area contributed by atoms with Gasteiger partial charge in [0.05, 0.1) is 11.5 Å². The first-order valence-corrected chi connectivity index (χ1v) is 11.7. The number of hydrogen-bond acceptors (Lipinski definition) is 6. The number of aromatic amines is 1. The number of aromatic nitrogens is 5. The molecule has 2 aromatic carbocycles. The predicted octanol–water partition coefficient (Wildman–Crippen LogP) is 5.80. The molecule has 0 bridgehead atoms. The zero-order chi connectivity index (χ0) is 21.3. The van der Waals surface area contributed by atoms with Gasteiger partial charge in [0.2, 0.25) is 5.82 Å². The van der Waals surface area contributed by atoms with E-state index in [1.165, 1.54) is 38.5 Å². The van der Waals surface area contributed by atoms with Gasteiger partial charge in [0.1, 0.15) is 11.3 Å². The molecular weight excluding hydrogens is 402 g/mol. The second-order valence-corrected chi connectivity index (χ2v) is 9.21. The van der Waals surface area contributed by atoms with Crippen molar-refractivity contribution < 1.29 is 9.26 Å². The summed E-state index contributed by atoms with van der Waals surface area (Å²) in [7, 11) is 0. The lowest BCUT2D eigenvalue weighted by atomic mass is 9.73. The second-order valence-electron chi connectivity index (χ2n) is 9.21. The number of tetrazole rings is 1. The first-order valence-electron chi connectivity index (χ1n) is 11.7. The Labute approximate surface area is 186 Å². The lowest BCUT2D eigenvalue weighted by Gasteiger charge is -2.33. The van der Waals surface area contributed by atoms with Crippen LogP contribution in [0.15, 0.2) is 47.0 Å². The molecule has 2 aromatic heterocycles. The Morgan fingerprint density at radius 2 is 1.75 bits per heavy atom. The van der Waals surface area contributed by atoms with Crippen molar-refractivity contribution in [1.29, 1.82) is 0 Å². The van der Waals surface area contributed by atoms with Crippen LogP contribution >= 0.6 is 0 Å². The average Bonchev–Trinajstić information content (AvgIpc) is 3.41. The molecule has 0 radical (unpaired) electrons. The number of benzene rings is 2. The SMILES string of the molecule is c1cc(OC2CCCC(C3CCC3)CC2)cc(-c2onc3ccc(-c4nn[nH]n4)cc23)c1.